The molecule has 80 valence electrons. The largest absolute Gasteiger partial charge is 0.481 e. The van der Waals surface area contributed by atoms with Crippen LogP contribution in [0.25, 0.3) is 0 Å². The van der Waals surface area contributed by atoms with Gasteiger partial charge < -0.3 is 10.4 Å². The number of carboxylic acid groups (broad SMARTS) is 1. The zero-order chi connectivity index (χ0) is 10.4. The minimum absolute atomic E-state index is 0.513. The Morgan fingerprint density at radius 3 is 2.93 bits per heavy atom. The number of carbonyl (C=O) groups is 1. The number of allylic oxidation sites excluding steroid dienone is 1. The van der Waals surface area contributed by atoms with Crippen LogP contribution in [0.5, 0.6) is 0 Å². The maximum absolute atomic E-state index is 11.2. The van der Waals surface area contributed by atoms with Gasteiger partial charge in [0, 0.05) is 6.54 Å². The molecule has 0 aromatic rings. The van der Waals surface area contributed by atoms with Gasteiger partial charge in [0.2, 0.25) is 0 Å². The molecule has 1 rings (SSSR count). The third kappa shape index (κ3) is 2.58. The van der Waals surface area contributed by atoms with E-state index in [1.165, 1.54) is 0 Å². The molecule has 1 aliphatic heterocycles. The van der Waals surface area contributed by atoms with E-state index in [9.17, 15) is 9.90 Å². The van der Waals surface area contributed by atoms with Crippen molar-refractivity contribution >= 4 is 5.97 Å². The molecule has 1 heterocycles. The zero-order valence-electron chi connectivity index (χ0n) is 8.59. The molecule has 3 heteroatoms. The van der Waals surface area contributed by atoms with Gasteiger partial charge >= 0.3 is 5.97 Å². The van der Waals surface area contributed by atoms with Crippen LogP contribution in [0, 0.1) is 5.41 Å². The molecule has 1 atom stereocenters. The maximum Gasteiger partial charge on any atom is 0.310 e. The van der Waals surface area contributed by atoms with Crippen LogP contribution in [-0.2, 0) is 4.79 Å². The van der Waals surface area contributed by atoms with Gasteiger partial charge in [-0.3, -0.25) is 4.79 Å². The number of hydrogen-bond acceptors (Lipinski definition) is 2. The van der Waals surface area contributed by atoms with Crippen molar-refractivity contribution in [2.75, 3.05) is 13.1 Å². The van der Waals surface area contributed by atoms with Gasteiger partial charge in [-0.15, -0.1) is 6.58 Å². The quantitative estimate of drug-likeness (QED) is 0.522. The van der Waals surface area contributed by atoms with Crippen LogP contribution < -0.4 is 5.32 Å². The molecule has 0 aliphatic carbocycles. The Bertz CT molecular complexity index is 207. The fourth-order valence-corrected chi connectivity index (χ4v) is 2.06. The Morgan fingerprint density at radius 1 is 1.64 bits per heavy atom. The van der Waals surface area contributed by atoms with E-state index in [0.717, 1.165) is 38.6 Å². The summed E-state index contributed by atoms with van der Waals surface area (Å²) in [6.07, 6.45) is 6.24. The van der Waals surface area contributed by atoms with E-state index in [2.05, 4.69) is 11.9 Å². The van der Waals surface area contributed by atoms with Crippen molar-refractivity contribution in [3.63, 3.8) is 0 Å². The average molecular weight is 197 g/mol. The van der Waals surface area contributed by atoms with Gasteiger partial charge in [0.25, 0.3) is 0 Å². The molecular formula is C11H19NO2. The molecule has 0 amide bonds. The normalized spacial score (nSPS) is 27.1. The summed E-state index contributed by atoms with van der Waals surface area (Å²) in [5.41, 5.74) is -0.513. The van der Waals surface area contributed by atoms with Gasteiger partial charge in [0.15, 0.2) is 0 Å². The van der Waals surface area contributed by atoms with Crippen LogP contribution in [0.1, 0.15) is 32.1 Å². The Labute approximate surface area is 85.2 Å². The number of rotatable bonds is 5. The summed E-state index contributed by atoms with van der Waals surface area (Å²) in [6, 6.07) is 0. The standard InChI is InChI=1S/C11H19NO2/c1-2-3-4-6-11(10(13)14)7-5-8-12-9-11/h2,12H,1,3-9H2,(H,13,14). The second-order valence-corrected chi connectivity index (χ2v) is 4.05. The number of hydrogen-bond donors (Lipinski definition) is 2. The van der Waals surface area contributed by atoms with Crippen molar-refractivity contribution in [3.8, 4) is 0 Å². The second kappa shape index (κ2) is 5.15. The molecule has 0 aromatic heterocycles. The smallest absolute Gasteiger partial charge is 0.310 e. The Balaban J connectivity index is 2.51. The zero-order valence-corrected chi connectivity index (χ0v) is 8.59. The minimum atomic E-state index is -0.645. The predicted molar refractivity (Wildman–Crippen MR) is 56.2 cm³/mol. The molecule has 0 aromatic carbocycles. The third-order valence-corrected chi connectivity index (χ3v) is 2.99. The summed E-state index contributed by atoms with van der Waals surface area (Å²) in [7, 11) is 0. The lowest BCUT2D eigenvalue weighted by Gasteiger charge is -2.33. The van der Waals surface area contributed by atoms with E-state index in [-0.39, 0.29) is 0 Å². The van der Waals surface area contributed by atoms with Crippen LogP contribution in [0.2, 0.25) is 0 Å². The number of nitrogens with one attached hydrogen (secondary N) is 1. The van der Waals surface area contributed by atoms with Crippen LogP contribution in [0.4, 0.5) is 0 Å². The lowest BCUT2D eigenvalue weighted by atomic mass is 9.76. The number of unbranched alkanes of at least 4 members (excludes halogenated alkanes) is 1. The summed E-state index contributed by atoms with van der Waals surface area (Å²) in [6.45, 7) is 5.23. The Kier molecular flexibility index (Phi) is 4.14. The van der Waals surface area contributed by atoms with E-state index in [0.29, 0.717) is 6.54 Å². The topological polar surface area (TPSA) is 49.3 Å². The van der Waals surface area contributed by atoms with Crippen molar-refractivity contribution in [2.24, 2.45) is 5.41 Å². The lowest BCUT2D eigenvalue weighted by molar-refractivity contribution is -0.150. The lowest BCUT2D eigenvalue weighted by Crippen LogP contribution is -2.45. The molecule has 1 unspecified atom stereocenters. The molecular weight excluding hydrogens is 178 g/mol. The fraction of sp³-hybridized carbons (Fsp3) is 0.727. The van der Waals surface area contributed by atoms with E-state index in [1.54, 1.807) is 0 Å². The van der Waals surface area contributed by atoms with Crippen molar-refractivity contribution in [1.29, 1.82) is 0 Å². The number of aliphatic carboxylic acids is 1. The fourth-order valence-electron chi connectivity index (χ4n) is 2.06. The summed E-state index contributed by atoms with van der Waals surface area (Å²) in [5, 5.41) is 12.4. The third-order valence-electron chi connectivity index (χ3n) is 2.99. The second-order valence-electron chi connectivity index (χ2n) is 4.05. The van der Waals surface area contributed by atoms with Gasteiger partial charge in [-0.05, 0) is 38.6 Å². The maximum atomic E-state index is 11.2. The van der Waals surface area contributed by atoms with Gasteiger partial charge in [0.1, 0.15) is 0 Å². The predicted octanol–water partition coefficient (Wildman–Crippen LogP) is 1.80. The van der Waals surface area contributed by atoms with Crippen LogP contribution >= 0.6 is 0 Å². The first kappa shape index (κ1) is 11.2. The first-order valence-electron chi connectivity index (χ1n) is 5.26. The van der Waals surface area contributed by atoms with Crippen LogP contribution in [0.3, 0.4) is 0 Å². The summed E-state index contributed by atoms with van der Waals surface area (Å²) in [5.74, 6) is -0.645. The average Bonchev–Trinajstić information content (AvgIpc) is 2.19. The van der Waals surface area contributed by atoms with Gasteiger partial charge in [-0.1, -0.05) is 6.08 Å². The van der Waals surface area contributed by atoms with E-state index < -0.39 is 11.4 Å². The Morgan fingerprint density at radius 2 is 2.43 bits per heavy atom. The molecule has 0 radical (unpaired) electrons. The molecule has 1 fully saturated rings. The molecule has 3 nitrogen and oxygen atoms in total. The SMILES string of the molecule is C=CCCCC1(C(=O)O)CCCNC1. The molecule has 1 saturated heterocycles. The van der Waals surface area contributed by atoms with Crippen molar-refractivity contribution in [1.82, 2.24) is 5.32 Å². The van der Waals surface area contributed by atoms with E-state index in [4.69, 9.17) is 0 Å². The first-order valence-corrected chi connectivity index (χ1v) is 5.26. The number of piperidine rings is 1. The monoisotopic (exact) mass is 197 g/mol. The van der Waals surface area contributed by atoms with Crippen LogP contribution in [-0.4, -0.2) is 24.2 Å². The highest BCUT2D eigenvalue weighted by Crippen LogP contribution is 2.32. The van der Waals surface area contributed by atoms with Crippen molar-refractivity contribution in [3.05, 3.63) is 12.7 Å². The highest BCUT2D eigenvalue weighted by atomic mass is 16.4. The highest BCUT2D eigenvalue weighted by Gasteiger charge is 2.38. The molecule has 14 heavy (non-hydrogen) atoms. The van der Waals surface area contributed by atoms with Gasteiger partial charge in [-0.2, -0.15) is 0 Å². The van der Waals surface area contributed by atoms with Gasteiger partial charge in [-0.25, -0.2) is 0 Å². The summed E-state index contributed by atoms with van der Waals surface area (Å²) < 4.78 is 0. The molecule has 0 bridgehead atoms. The van der Waals surface area contributed by atoms with Crippen molar-refractivity contribution in [2.45, 2.75) is 32.1 Å². The molecule has 2 N–H and O–H groups in total. The van der Waals surface area contributed by atoms with Gasteiger partial charge in [0.05, 0.1) is 5.41 Å². The summed E-state index contributed by atoms with van der Waals surface area (Å²) in [4.78, 5) is 11.2. The van der Waals surface area contributed by atoms with E-state index >= 15 is 0 Å². The summed E-state index contributed by atoms with van der Waals surface area (Å²) >= 11 is 0. The molecule has 1 aliphatic rings. The van der Waals surface area contributed by atoms with Crippen molar-refractivity contribution < 1.29 is 9.90 Å². The van der Waals surface area contributed by atoms with E-state index in [1.807, 2.05) is 6.08 Å². The first-order chi connectivity index (χ1) is 6.71. The minimum Gasteiger partial charge on any atom is -0.481 e. The Hall–Kier alpha value is -0.830. The molecule has 0 spiro atoms. The molecule has 0 saturated carbocycles. The van der Waals surface area contributed by atoms with Crippen LogP contribution in [0.15, 0.2) is 12.7 Å². The number of carboxylic acids is 1. The highest BCUT2D eigenvalue weighted by molar-refractivity contribution is 5.75.